The third kappa shape index (κ3) is 2.70. The molecular formula is C11H12N2O2S. The molecule has 0 atom stereocenters. The summed E-state index contributed by atoms with van der Waals surface area (Å²) in [5, 5.41) is 11.5. The Morgan fingerprint density at radius 1 is 1.56 bits per heavy atom. The highest BCUT2D eigenvalue weighted by atomic mass is 32.1. The number of H-pyrrole nitrogens is 1. The number of aromatic nitrogens is 2. The number of rotatable bonds is 5. The lowest BCUT2D eigenvalue weighted by atomic mass is 10.2. The van der Waals surface area contributed by atoms with Crippen molar-refractivity contribution in [2.75, 3.05) is 0 Å². The maximum Gasteiger partial charge on any atom is 0.303 e. The van der Waals surface area contributed by atoms with Crippen molar-refractivity contribution in [2.45, 2.75) is 19.3 Å². The number of nitrogens with zero attached hydrogens (tertiary/aromatic N) is 1. The predicted octanol–water partition coefficient (Wildman–Crippen LogP) is 2.55. The second-order valence-corrected chi connectivity index (χ2v) is 4.40. The molecule has 2 aromatic heterocycles. The van der Waals surface area contributed by atoms with Crippen LogP contribution in [0.1, 0.15) is 17.8 Å². The van der Waals surface area contributed by atoms with E-state index in [0.29, 0.717) is 6.42 Å². The summed E-state index contributed by atoms with van der Waals surface area (Å²) in [5.41, 5.74) is 1.93. The second kappa shape index (κ2) is 4.94. The van der Waals surface area contributed by atoms with Gasteiger partial charge in [-0.2, -0.15) is 0 Å². The van der Waals surface area contributed by atoms with Crippen LogP contribution in [0.15, 0.2) is 23.7 Å². The molecule has 0 aliphatic carbocycles. The Morgan fingerprint density at radius 3 is 3.12 bits per heavy atom. The smallest absolute Gasteiger partial charge is 0.303 e. The highest BCUT2D eigenvalue weighted by molar-refractivity contribution is 7.09. The maximum atomic E-state index is 10.4. The Kier molecular flexibility index (Phi) is 3.36. The molecule has 0 saturated heterocycles. The first-order chi connectivity index (χ1) is 7.75. The number of carboxylic acids is 1. The minimum Gasteiger partial charge on any atom is -0.481 e. The number of carboxylic acid groups (broad SMARTS) is 1. The molecule has 2 N–H and O–H groups in total. The summed E-state index contributed by atoms with van der Waals surface area (Å²) in [6.45, 7) is 0. The van der Waals surface area contributed by atoms with Gasteiger partial charge in [-0.3, -0.25) is 4.79 Å². The van der Waals surface area contributed by atoms with Crippen molar-refractivity contribution in [3.63, 3.8) is 0 Å². The zero-order valence-electron chi connectivity index (χ0n) is 8.64. The van der Waals surface area contributed by atoms with E-state index in [2.05, 4.69) is 9.97 Å². The van der Waals surface area contributed by atoms with E-state index in [4.69, 9.17) is 5.11 Å². The van der Waals surface area contributed by atoms with Crippen molar-refractivity contribution in [1.29, 1.82) is 0 Å². The van der Waals surface area contributed by atoms with Gasteiger partial charge in [0.1, 0.15) is 0 Å². The van der Waals surface area contributed by atoms with E-state index in [1.54, 1.807) is 11.3 Å². The molecule has 0 aromatic carbocycles. The summed E-state index contributed by atoms with van der Waals surface area (Å²) in [4.78, 5) is 17.9. The monoisotopic (exact) mass is 236 g/mol. The van der Waals surface area contributed by atoms with Crippen molar-refractivity contribution in [3.05, 3.63) is 28.7 Å². The van der Waals surface area contributed by atoms with Crippen LogP contribution in [0.4, 0.5) is 0 Å². The van der Waals surface area contributed by atoms with Crippen LogP contribution in [-0.2, 0) is 11.2 Å². The van der Waals surface area contributed by atoms with Gasteiger partial charge in [0.15, 0.2) is 0 Å². The van der Waals surface area contributed by atoms with Gasteiger partial charge in [0.05, 0.1) is 16.4 Å². The van der Waals surface area contributed by atoms with Gasteiger partial charge in [-0.15, -0.1) is 11.3 Å². The van der Waals surface area contributed by atoms with Gasteiger partial charge in [-0.25, -0.2) is 4.98 Å². The molecule has 0 radical (unpaired) electrons. The lowest BCUT2D eigenvalue weighted by Crippen LogP contribution is -1.95. The topological polar surface area (TPSA) is 66.0 Å². The number of aliphatic carboxylic acids is 1. The SMILES string of the molecule is O=C(O)CCCc1nc(-c2ccc[nH]2)cs1. The normalized spacial score (nSPS) is 10.5. The van der Waals surface area contributed by atoms with Crippen LogP contribution >= 0.6 is 11.3 Å². The summed E-state index contributed by atoms with van der Waals surface area (Å²) in [5.74, 6) is -0.749. The Labute approximate surface area is 97.0 Å². The Morgan fingerprint density at radius 2 is 2.44 bits per heavy atom. The van der Waals surface area contributed by atoms with Gasteiger partial charge < -0.3 is 10.1 Å². The maximum absolute atomic E-state index is 10.4. The third-order valence-electron chi connectivity index (χ3n) is 2.21. The number of nitrogens with one attached hydrogen (secondary N) is 1. The van der Waals surface area contributed by atoms with Gasteiger partial charge in [-0.05, 0) is 25.0 Å². The Balaban J connectivity index is 1.95. The third-order valence-corrected chi connectivity index (χ3v) is 3.12. The fourth-order valence-corrected chi connectivity index (χ4v) is 2.27. The summed E-state index contributed by atoms with van der Waals surface area (Å²) in [6.07, 6.45) is 3.45. The van der Waals surface area contributed by atoms with Gasteiger partial charge in [0.2, 0.25) is 0 Å². The lowest BCUT2D eigenvalue weighted by Gasteiger charge is -1.93. The van der Waals surface area contributed by atoms with Crippen molar-refractivity contribution in [1.82, 2.24) is 9.97 Å². The van der Waals surface area contributed by atoms with Gasteiger partial charge in [0, 0.05) is 18.0 Å². The molecule has 2 heterocycles. The highest BCUT2D eigenvalue weighted by Gasteiger charge is 2.05. The van der Waals surface area contributed by atoms with Crippen LogP contribution in [0.25, 0.3) is 11.4 Å². The summed E-state index contributed by atoms with van der Waals surface area (Å²) < 4.78 is 0. The van der Waals surface area contributed by atoms with Crippen LogP contribution in [0.3, 0.4) is 0 Å². The first kappa shape index (κ1) is 10.9. The first-order valence-corrected chi connectivity index (χ1v) is 5.93. The fraction of sp³-hybridized carbons (Fsp3) is 0.273. The minimum absolute atomic E-state index is 0.206. The first-order valence-electron chi connectivity index (χ1n) is 5.05. The highest BCUT2D eigenvalue weighted by Crippen LogP contribution is 2.21. The molecule has 0 amide bonds. The van der Waals surface area contributed by atoms with Crippen molar-refractivity contribution < 1.29 is 9.90 Å². The van der Waals surface area contributed by atoms with Crippen LogP contribution in [0, 0.1) is 0 Å². The number of hydrogen-bond acceptors (Lipinski definition) is 3. The van der Waals surface area contributed by atoms with Crippen molar-refractivity contribution >= 4 is 17.3 Å². The fourth-order valence-electron chi connectivity index (χ4n) is 1.43. The molecule has 0 aliphatic rings. The summed E-state index contributed by atoms with van der Waals surface area (Å²) in [6, 6.07) is 3.90. The molecule has 0 aliphatic heterocycles. The quantitative estimate of drug-likeness (QED) is 0.838. The van der Waals surface area contributed by atoms with Crippen LogP contribution in [0.2, 0.25) is 0 Å². The molecular weight excluding hydrogens is 224 g/mol. The van der Waals surface area contributed by atoms with Crippen molar-refractivity contribution in [3.8, 4) is 11.4 Å². The number of aryl methyl sites for hydroxylation is 1. The molecule has 84 valence electrons. The second-order valence-electron chi connectivity index (χ2n) is 3.46. The van der Waals surface area contributed by atoms with Crippen LogP contribution in [-0.4, -0.2) is 21.0 Å². The summed E-state index contributed by atoms with van der Waals surface area (Å²) in [7, 11) is 0. The average molecular weight is 236 g/mol. The van der Waals surface area contributed by atoms with E-state index in [1.807, 2.05) is 23.7 Å². The predicted molar refractivity (Wildman–Crippen MR) is 62.5 cm³/mol. The number of carbonyl (C=O) groups is 1. The molecule has 0 unspecified atom stereocenters. The number of hydrogen-bond donors (Lipinski definition) is 2. The largest absolute Gasteiger partial charge is 0.481 e. The molecule has 2 aromatic rings. The average Bonchev–Trinajstić information content (AvgIpc) is 2.85. The molecule has 0 spiro atoms. The zero-order valence-corrected chi connectivity index (χ0v) is 9.46. The Hall–Kier alpha value is -1.62. The van der Waals surface area contributed by atoms with E-state index in [9.17, 15) is 4.79 Å². The lowest BCUT2D eigenvalue weighted by molar-refractivity contribution is -0.137. The minimum atomic E-state index is -0.749. The van der Waals surface area contributed by atoms with E-state index >= 15 is 0 Å². The molecule has 0 fully saturated rings. The molecule has 16 heavy (non-hydrogen) atoms. The van der Waals surface area contributed by atoms with Crippen LogP contribution < -0.4 is 0 Å². The molecule has 4 nitrogen and oxygen atoms in total. The molecule has 0 saturated carbocycles. The number of thiazole rings is 1. The Bertz CT molecular complexity index is 462. The van der Waals surface area contributed by atoms with E-state index in [1.165, 1.54) is 0 Å². The van der Waals surface area contributed by atoms with E-state index in [-0.39, 0.29) is 6.42 Å². The molecule has 5 heteroatoms. The number of aromatic amines is 1. The standard InChI is InChI=1S/C11H12N2O2S/c14-11(15)5-1-4-10-13-9(7-16-10)8-3-2-6-12-8/h2-3,6-7,12H,1,4-5H2,(H,14,15). The van der Waals surface area contributed by atoms with E-state index < -0.39 is 5.97 Å². The molecule has 2 rings (SSSR count). The van der Waals surface area contributed by atoms with E-state index in [0.717, 1.165) is 22.8 Å². The van der Waals surface area contributed by atoms with Crippen LogP contribution in [0.5, 0.6) is 0 Å². The van der Waals surface area contributed by atoms with Gasteiger partial charge in [0.25, 0.3) is 0 Å². The van der Waals surface area contributed by atoms with Gasteiger partial charge in [-0.1, -0.05) is 0 Å². The zero-order chi connectivity index (χ0) is 11.4. The molecule has 0 bridgehead atoms. The van der Waals surface area contributed by atoms with Gasteiger partial charge >= 0.3 is 5.97 Å². The summed E-state index contributed by atoms with van der Waals surface area (Å²) >= 11 is 1.58. The van der Waals surface area contributed by atoms with Crippen molar-refractivity contribution in [2.24, 2.45) is 0 Å².